The molecule has 1 aromatic heterocycles. The van der Waals surface area contributed by atoms with Crippen molar-refractivity contribution in [1.29, 1.82) is 0 Å². The Labute approximate surface area is 109 Å². The van der Waals surface area contributed by atoms with Crippen molar-refractivity contribution in [2.75, 3.05) is 13.1 Å². The highest BCUT2D eigenvalue weighted by molar-refractivity contribution is 7.89. The highest BCUT2D eigenvalue weighted by atomic mass is 32.2. The summed E-state index contributed by atoms with van der Waals surface area (Å²) in [7, 11) is -3.38. The van der Waals surface area contributed by atoms with Crippen LogP contribution < -0.4 is 0 Å². The van der Waals surface area contributed by atoms with Crippen LogP contribution in [0.15, 0.2) is 11.2 Å². The number of hydrogen-bond donors (Lipinski definition) is 0. The highest BCUT2D eigenvalue weighted by Crippen LogP contribution is 2.20. The van der Waals surface area contributed by atoms with Crippen molar-refractivity contribution in [2.45, 2.75) is 51.1 Å². The lowest BCUT2D eigenvalue weighted by Gasteiger charge is -2.24. The van der Waals surface area contributed by atoms with Crippen LogP contribution in [0.3, 0.4) is 0 Å². The molecule has 18 heavy (non-hydrogen) atoms. The van der Waals surface area contributed by atoms with Gasteiger partial charge in [-0.15, -0.1) is 0 Å². The molecule has 102 valence electrons. The molecule has 1 aliphatic heterocycles. The van der Waals surface area contributed by atoms with Crippen LogP contribution in [-0.4, -0.2) is 35.4 Å². The largest absolute Gasteiger partial charge is 0.334 e. The second-order valence-corrected chi connectivity index (χ2v) is 6.67. The molecule has 1 aliphatic rings. The molecule has 2 heterocycles. The maximum absolute atomic E-state index is 12.4. The van der Waals surface area contributed by atoms with E-state index in [1.165, 1.54) is 0 Å². The maximum atomic E-state index is 12.4. The van der Waals surface area contributed by atoms with Gasteiger partial charge >= 0.3 is 0 Å². The predicted octanol–water partition coefficient (Wildman–Crippen LogP) is 1.78. The van der Waals surface area contributed by atoms with E-state index in [1.54, 1.807) is 10.5 Å². The normalized spacial score (nSPS) is 18.1. The van der Waals surface area contributed by atoms with E-state index >= 15 is 0 Å². The molecule has 1 fully saturated rings. The third kappa shape index (κ3) is 2.59. The summed E-state index contributed by atoms with van der Waals surface area (Å²) in [5, 5.41) is 0.204. The minimum absolute atomic E-state index is 0.204. The molecule has 6 heteroatoms. The zero-order chi connectivity index (χ0) is 13.2. The third-order valence-electron chi connectivity index (χ3n) is 3.34. The van der Waals surface area contributed by atoms with E-state index in [0.29, 0.717) is 13.1 Å². The van der Waals surface area contributed by atoms with Gasteiger partial charge < -0.3 is 4.57 Å². The summed E-state index contributed by atoms with van der Waals surface area (Å²) in [6.45, 7) is 5.99. The average Bonchev–Trinajstić information content (AvgIpc) is 2.73. The van der Waals surface area contributed by atoms with Gasteiger partial charge in [-0.3, -0.25) is 0 Å². The summed E-state index contributed by atoms with van der Waals surface area (Å²) in [6, 6.07) is 0. The number of aryl methyl sites for hydroxylation is 2. The van der Waals surface area contributed by atoms with Gasteiger partial charge in [0.1, 0.15) is 5.82 Å². The summed E-state index contributed by atoms with van der Waals surface area (Å²) < 4.78 is 28.3. The maximum Gasteiger partial charge on any atom is 0.262 e. The lowest BCUT2D eigenvalue weighted by Crippen LogP contribution is -2.35. The average molecular weight is 271 g/mol. The van der Waals surface area contributed by atoms with Gasteiger partial charge in [0.15, 0.2) is 5.03 Å². The van der Waals surface area contributed by atoms with E-state index in [1.807, 2.05) is 11.5 Å². The first kappa shape index (κ1) is 13.5. The van der Waals surface area contributed by atoms with Gasteiger partial charge in [0, 0.05) is 25.8 Å². The van der Waals surface area contributed by atoms with Gasteiger partial charge in [0.05, 0.1) is 0 Å². The molecule has 2 rings (SSSR count). The van der Waals surface area contributed by atoms with Crippen LogP contribution in [0.25, 0.3) is 0 Å². The smallest absolute Gasteiger partial charge is 0.262 e. The summed E-state index contributed by atoms with van der Waals surface area (Å²) in [5.74, 6) is 0.771. The molecule has 0 spiro atoms. The fourth-order valence-electron chi connectivity index (χ4n) is 2.31. The molecule has 0 atom stereocenters. The van der Waals surface area contributed by atoms with E-state index in [4.69, 9.17) is 0 Å². The molecule has 0 radical (unpaired) electrons. The van der Waals surface area contributed by atoms with Gasteiger partial charge in [0.2, 0.25) is 0 Å². The first-order chi connectivity index (χ1) is 8.55. The van der Waals surface area contributed by atoms with Crippen LogP contribution in [0.2, 0.25) is 0 Å². The van der Waals surface area contributed by atoms with Gasteiger partial charge in [-0.05, 0) is 26.2 Å². The Kier molecular flexibility index (Phi) is 4.07. The van der Waals surface area contributed by atoms with E-state index < -0.39 is 10.0 Å². The molecular weight excluding hydrogens is 250 g/mol. The van der Waals surface area contributed by atoms with Crippen molar-refractivity contribution >= 4 is 10.0 Å². The Morgan fingerprint density at radius 1 is 1.28 bits per heavy atom. The lowest BCUT2D eigenvalue weighted by atomic mass is 10.2. The fourth-order valence-corrected chi connectivity index (χ4v) is 3.82. The van der Waals surface area contributed by atoms with Crippen LogP contribution >= 0.6 is 0 Å². The number of nitrogens with zero attached hydrogens (tertiary/aromatic N) is 3. The Morgan fingerprint density at radius 3 is 2.56 bits per heavy atom. The van der Waals surface area contributed by atoms with E-state index in [9.17, 15) is 8.42 Å². The van der Waals surface area contributed by atoms with Crippen molar-refractivity contribution in [2.24, 2.45) is 0 Å². The molecule has 1 aromatic rings. The number of imidazole rings is 1. The van der Waals surface area contributed by atoms with Crippen molar-refractivity contribution in [3.05, 3.63) is 12.0 Å². The molecule has 0 bridgehead atoms. The second-order valence-electron chi connectivity index (χ2n) is 4.78. The second kappa shape index (κ2) is 5.40. The number of aromatic nitrogens is 2. The standard InChI is InChI=1S/C12H21N3O2S/c1-3-7-14-10-12(13-11(14)2)18(16,17)15-8-5-4-6-9-15/h10H,3-9H2,1-2H3. The lowest BCUT2D eigenvalue weighted by molar-refractivity contribution is 0.345. The van der Waals surface area contributed by atoms with Crippen LogP contribution in [0.4, 0.5) is 0 Å². The first-order valence-electron chi connectivity index (χ1n) is 6.59. The van der Waals surface area contributed by atoms with Gasteiger partial charge in [0.25, 0.3) is 10.0 Å². The molecule has 1 saturated heterocycles. The van der Waals surface area contributed by atoms with Crippen LogP contribution in [0, 0.1) is 6.92 Å². The molecule has 0 saturated carbocycles. The SMILES string of the molecule is CCCn1cc(S(=O)(=O)N2CCCCC2)nc1C. The number of hydrogen-bond acceptors (Lipinski definition) is 3. The van der Waals surface area contributed by atoms with E-state index in [0.717, 1.165) is 38.1 Å². The van der Waals surface area contributed by atoms with Crippen molar-refractivity contribution in [3.8, 4) is 0 Å². The molecule has 0 aromatic carbocycles. The topological polar surface area (TPSA) is 55.2 Å². The van der Waals surface area contributed by atoms with E-state index in [2.05, 4.69) is 11.9 Å². The summed E-state index contributed by atoms with van der Waals surface area (Å²) >= 11 is 0. The Balaban J connectivity index is 2.26. The zero-order valence-corrected chi connectivity index (χ0v) is 11.9. The molecule has 0 N–H and O–H groups in total. The summed E-state index contributed by atoms with van der Waals surface area (Å²) in [6.07, 6.45) is 5.67. The molecule has 0 unspecified atom stereocenters. The Morgan fingerprint density at radius 2 is 1.94 bits per heavy atom. The first-order valence-corrected chi connectivity index (χ1v) is 8.03. The minimum Gasteiger partial charge on any atom is -0.334 e. The Hall–Kier alpha value is -0.880. The monoisotopic (exact) mass is 271 g/mol. The number of sulfonamides is 1. The molecule has 0 aliphatic carbocycles. The summed E-state index contributed by atoms with van der Waals surface area (Å²) in [5.41, 5.74) is 0. The fraction of sp³-hybridized carbons (Fsp3) is 0.750. The third-order valence-corrected chi connectivity index (χ3v) is 5.11. The summed E-state index contributed by atoms with van der Waals surface area (Å²) in [4.78, 5) is 4.21. The molecular formula is C12H21N3O2S. The molecule has 5 nitrogen and oxygen atoms in total. The van der Waals surface area contributed by atoms with Gasteiger partial charge in [-0.2, -0.15) is 4.31 Å². The number of piperidine rings is 1. The van der Waals surface area contributed by atoms with Gasteiger partial charge in [-0.25, -0.2) is 13.4 Å². The predicted molar refractivity (Wildman–Crippen MR) is 69.9 cm³/mol. The highest BCUT2D eigenvalue weighted by Gasteiger charge is 2.28. The van der Waals surface area contributed by atoms with Crippen LogP contribution in [-0.2, 0) is 16.6 Å². The minimum atomic E-state index is -3.38. The van der Waals surface area contributed by atoms with E-state index in [-0.39, 0.29) is 5.03 Å². The van der Waals surface area contributed by atoms with Crippen LogP contribution in [0.5, 0.6) is 0 Å². The Bertz CT molecular complexity index is 501. The molecule has 0 amide bonds. The number of rotatable bonds is 4. The van der Waals surface area contributed by atoms with Crippen molar-refractivity contribution < 1.29 is 8.42 Å². The van der Waals surface area contributed by atoms with Crippen LogP contribution in [0.1, 0.15) is 38.4 Å². The zero-order valence-electron chi connectivity index (χ0n) is 11.1. The quantitative estimate of drug-likeness (QED) is 0.838. The van der Waals surface area contributed by atoms with Crippen molar-refractivity contribution in [1.82, 2.24) is 13.9 Å². The van der Waals surface area contributed by atoms with Crippen molar-refractivity contribution in [3.63, 3.8) is 0 Å². The van der Waals surface area contributed by atoms with Gasteiger partial charge in [-0.1, -0.05) is 13.3 Å².